The lowest BCUT2D eigenvalue weighted by Gasteiger charge is -2.25. The van der Waals surface area contributed by atoms with Gasteiger partial charge in [0.25, 0.3) is 0 Å². The number of aromatic nitrogens is 1. The van der Waals surface area contributed by atoms with Crippen molar-refractivity contribution in [3.8, 4) is 0 Å². The van der Waals surface area contributed by atoms with Crippen LogP contribution in [0.3, 0.4) is 0 Å². The van der Waals surface area contributed by atoms with Gasteiger partial charge in [-0.15, -0.1) is 0 Å². The molecule has 36 heavy (non-hydrogen) atoms. The monoisotopic (exact) mass is 496 g/mol. The molecule has 0 spiro atoms. The molecule has 4 aliphatic rings. The Bertz CT molecular complexity index is 1060. The van der Waals surface area contributed by atoms with Gasteiger partial charge in [-0.1, -0.05) is 25.0 Å². The molecule has 1 saturated heterocycles. The fourth-order valence-electron chi connectivity index (χ4n) is 5.54. The van der Waals surface area contributed by atoms with E-state index in [4.69, 9.17) is 4.74 Å². The number of carboxylic acid groups (broad SMARTS) is 1. The maximum Gasteiger partial charge on any atom is 0.410 e. The summed E-state index contributed by atoms with van der Waals surface area (Å²) in [5.74, 6) is -2.01. The van der Waals surface area contributed by atoms with Crippen molar-refractivity contribution >= 4 is 23.9 Å². The summed E-state index contributed by atoms with van der Waals surface area (Å²) in [6.07, 6.45) is 11.4. The molecule has 2 N–H and O–H groups in total. The number of hydrogen-bond acceptors (Lipinski definition) is 6. The summed E-state index contributed by atoms with van der Waals surface area (Å²) >= 11 is 0. The molecule has 0 bridgehead atoms. The zero-order valence-electron chi connectivity index (χ0n) is 20.2. The summed E-state index contributed by atoms with van der Waals surface area (Å²) in [5, 5.41) is 12.6. The van der Waals surface area contributed by atoms with Gasteiger partial charge in [0.2, 0.25) is 11.8 Å². The van der Waals surface area contributed by atoms with Crippen LogP contribution in [0.25, 0.3) is 0 Å². The third-order valence-electron chi connectivity index (χ3n) is 7.76. The summed E-state index contributed by atoms with van der Waals surface area (Å²) in [5.41, 5.74) is 0.643. The van der Waals surface area contributed by atoms with Crippen molar-refractivity contribution in [2.45, 2.75) is 82.1 Å². The van der Waals surface area contributed by atoms with Crippen LogP contribution in [0.4, 0.5) is 4.79 Å². The first-order valence-electron chi connectivity index (χ1n) is 12.8. The van der Waals surface area contributed by atoms with Crippen LogP contribution in [0, 0.1) is 5.92 Å². The Morgan fingerprint density at radius 2 is 1.94 bits per heavy atom. The molecule has 10 nitrogen and oxygen atoms in total. The van der Waals surface area contributed by atoms with Crippen molar-refractivity contribution < 1.29 is 29.0 Å². The van der Waals surface area contributed by atoms with Gasteiger partial charge in [0, 0.05) is 37.7 Å². The fourth-order valence-corrected chi connectivity index (χ4v) is 5.54. The van der Waals surface area contributed by atoms with Crippen LogP contribution in [0.15, 0.2) is 30.6 Å². The molecule has 1 aromatic rings. The number of amides is 3. The lowest BCUT2D eigenvalue weighted by Crippen LogP contribution is -2.53. The second-order valence-electron chi connectivity index (χ2n) is 10.3. The largest absolute Gasteiger partial charge is 0.479 e. The Balaban J connectivity index is 1.29. The van der Waals surface area contributed by atoms with E-state index in [2.05, 4.69) is 10.3 Å². The third kappa shape index (κ3) is 4.81. The van der Waals surface area contributed by atoms with E-state index < -0.39 is 35.7 Å². The second kappa shape index (κ2) is 9.91. The van der Waals surface area contributed by atoms with E-state index >= 15 is 0 Å². The first-order valence-corrected chi connectivity index (χ1v) is 12.8. The first kappa shape index (κ1) is 24.3. The van der Waals surface area contributed by atoms with Crippen LogP contribution in [0.5, 0.6) is 0 Å². The quantitative estimate of drug-likeness (QED) is 0.602. The highest BCUT2D eigenvalue weighted by molar-refractivity contribution is 5.94. The van der Waals surface area contributed by atoms with Gasteiger partial charge in [-0.3, -0.25) is 19.5 Å². The number of allylic oxidation sites excluding steroid dienone is 1. The highest BCUT2D eigenvalue weighted by atomic mass is 16.6. The molecule has 4 atom stereocenters. The standard InChI is InChI=1S/C26H32N4O6/c31-22-8-6-4-2-1-3-5-7-19-12-26(19,24(33)34)28-23(32)21-11-20(16-30(21)22)36-25(35)29-14-17-9-10-27-13-18(17)15-29/h5,7,9-10,13,19-21H,1-4,6,8,11-12,14-16H2,(H,28,32)(H,33,34)/b7-5-/t19-,20-,21+,26-/m1/s1. The van der Waals surface area contributed by atoms with Crippen LogP contribution >= 0.6 is 0 Å². The van der Waals surface area contributed by atoms with E-state index in [9.17, 15) is 24.3 Å². The number of carbonyl (C=O) groups excluding carboxylic acids is 3. The molecule has 1 aromatic heterocycles. The fraction of sp³-hybridized carbons (Fsp3) is 0.577. The Morgan fingerprint density at radius 1 is 1.14 bits per heavy atom. The van der Waals surface area contributed by atoms with Crippen LogP contribution in [0.2, 0.25) is 0 Å². The van der Waals surface area contributed by atoms with E-state index in [0.717, 1.165) is 43.2 Å². The van der Waals surface area contributed by atoms with E-state index in [-0.39, 0.29) is 24.8 Å². The summed E-state index contributed by atoms with van der Waals surface area (Å²) < 4.78 is 5.74. The molecule has 3 aliphatic heterocycles. The van der Waals surface area contributed by atoms with Crippen LogP contribution < -0.4 is 5.32 Å². The number of fused-ring (bicyclic) bond motifs is 3. The predicted molar refractivity (Wildman–Crippen MR) is 127 cm³/mol. The van der Waals surface area contributed by atoms with Crippen molar-refractivity contribution in [1.82, 2.24) is 20.1 Å². The third-order valence-corrected chi connectivity index (χ3v) is 7.76. The molecule has 192 valence electrons. The summed E-state index contributed by atoms with van der Waals surface area (Å²) in [7, 11) is 0. The van der Waals surface area contributed by atoms with Gasteiger partial charge >= 0.3 is 12.1 Å². The number of pyridine rings is 1. The van der Waals surface area contributed by atoms with E-state index in [1.807, 2.05) is 18.2 Å². The molecule has 0 unspecified atom stereocenters. The normalized spacial score (nSPS) is 31.3. The molecule has 10 heteroatoms. The van der Waals surface area contributed by atoms with Gasteiger partial charge in [-0.25, -0.2) is 9.59 Å². The van der Waals surface area contributed by atoms with E-state index in [1.54, 1.807) is 17.3 Å². The number of carboxylic acids is 1. The summed E-state index contributed by atoms with van der Waals surface area (Å²) in [6.45, 7) is 0.942. The molecule has 0 radical (unpaired) electrons. The van der Waals surface area contributed by atoms with Crippen molar-refractivity contribution in [1.29, 1.82) is 0 Å². The molecule has 1 saturated carbocycles. The minimum Gasteiger partial charge on any atom is -0.479 e. The van der Waals surface area contributed by atoms with Gasteiger partial charge in [0.1, 0.15) is 17.7 Å². The minimum absolute atomic E-state index is 0.119. The number of rotatable bonds is 2. The van der Waals surface area contributed by atoms with Crippen LogP contribution in [-0.2, 0) is 32.2 Å². The van der Waals surface area contributed by atoms with Crippen molar-refractivity contribution in [2.75, 3.05) is 6.54 Å². The van der Waals surface area contributed by atoms with E-state index in [0.29, 0.717) is 25.9 Å². The SMILES string of the molecule is O=C1N[C@]2(C(=O)O)C[C@H]2/C=C\CCCCCCC(=O)N2C[C@H](OC(=O)N3Cc4ccncc4C3)C[C@@H]12. The van der Waals surface area contributed by atoms with Crippen molar-refractivity contribution in [3.05, 3.63) is 41.7 Å². The van der Waals surface area contributed by atoms with Crippen LogP contribution in [0.1, 0.15) is 62.5 Å². The molecular formula is C26H32N4O6. The average Bonchev–Trinajstić information content (AvgIpc) is 3.18. The van der Waals surface area contributed by atoms with Crippen molar-refractivity contribution in [2.24, 2.45) is 5.92 Å². The molecule has 3 amide bonds. The number of hydrogen-bond donors (Lipinski definition) is 2. The number of aliphatic carboxylic acids is 1. The van der Waals surface area contributed by atoms with Crippen molar-refractivity contribution in [3.63, 3.8) is 0 Å². The topological polar surface area (TPSA) is 129 Å². The first-order chi connectivity index (χ1) is 17.4. The smallest absolute Gasteiger partial charge is 0.410 e. The molecule has 0 aromatic carbocycles. The lowest BCUT2D eigenvalue weighted by molar-refractivity contribution is -0.145. The van der Waals surface area contributed by atoms with Gasteiger partial charge in [-0.05, 0) is 42.9 Å². The second-order valence-corrected chi connectivity index (χ2v) is 10.3. The number of nitrogens with zero attached hydrogens (tertiary/aromatic N) is 3. The average molecular weight is 497 g/mol. The van der Waals surface area contributed by atoms with Gasteiger partial charge in [-0.2, -0.15) is 0 Å². The van der Waals surface area contributed by atoms with E-state index in [1.165, 1.54) is 4.90 Å². The minimum atomic E-state index is -1.34. The Labute approximate surface area is 209 Å². The zero-order chi connectivity index (χ0) is 25.3. The van der Waals surface area contributed by atoms with Gasteiger partial charge < -0.3 is 20.1 Å². The molecule has 2 fully saturated rings. The number of carbonyl (C=O) groups is 4. The molecule has 4 heterocycles. The molecule has 1 aliphatic carbocycles. The highest BCUT2D eigenvalue weighted by Gasteiger charge is 2.61. The Hall–Kier alpha value is -3.43. The predicted octanol–water partition coefficient (Wildman–Crippen LogP) is 2.37. The number of ether oxygens (including phenoxy) is 1. The number of nitrogens with one attached hydrogen (secondary N) is 1. The van der Waals surface area contributed by atoms with Crippen LogP contribution in [-0.4, -0.2) is 68.0 Å². The van der Waals surface area contributed by atoms with Gasteiger partial charge in [0.05, 0.1) is 13.1 Å². The Kier molecular flexibility index (Phi) is 6.68. The van der Waals surface area contributed by atoms with Gasteiger partial charge in [0.15, 0.2) is 0 Å². The maximum absolute atomic E-state index is 13.3. The summed E-state index contributed by atoms with van der Waals surface area (Å²) in [4.78, 5) is 58.5. The molecule has 5 rings (SSSR count). The Morgan fingerprint density at radius 3 is 2.75 bits per heavy atom. The summed E-state index contributed by atoms with van der Waals surface area (Å²) in [6, 6.07) is 0.998. The maximum atomic E-state index is 13.3. The lowest BCUT2D eigenvalue weighted by atomic mass is 10.1. The molecular weight excluding hydrogens is 464 g/mol. The zero-order valence-corrected chi connectivity index (χ0v) is 20.2. The highest BCUT2D eigenvalue weighted by Crippen LogP contribution is 2.45.